The SMILES string of the molecule is CCC/C=C\C/C=C\CCCCCCCC(=O)OC(CO)COC(=O)CCCCCCCCCCCCCCCCCCCCCCCCCCCCCCCCCCCCC. The topological polar surface area (TPSA) is 72.8 Å². The third-order valence-corrected chi connectivity index (χ3v) is 12.7. The van der Waals surface area contributed by atoms with Crippen molar-refractivity contribution in [3.05, 3.63) is 24.3 Å². The number of allylic oxidation sites excluding steroid dienone is 4. The molecule has 0 heterocycles. The maximum Gasteiger partial charge on any atom is 0.306 e. The summed E-state index contributed by atoms with van der Waals surface area (Å²) in [6.07, 6.45) is 67.5. The molecule has 5 heteroatoms. The average Bonchev–Trinajstić information content (AvgIpc) is 3.28. The molecular formula is C57H108O5. The minimum absolute atomic E-state index is 0.0668. The van der Waals surface area contributed by atoms with E-state index in [1.165, 1.54) is 225 Å². The molecule has 0 aliphatic carbocycles. The first-order valence-corrected chi connectivity index (χ1v) is 27.9. The molecule has 0 bridgehead atoms. The lowest BCUT2D eigenvalue weighted by Crippen LogP contribution is -2.28. The van der Waals surface area contributed by atoms with Crippen LogP contribution in [-0.4, -0.2) is 36.4 Å². The molecule has 0 saturated carbocycles. The van der Waals surface area contributed by atoms with Crippen molar-refractivity contribution < 1.29 is 24.2 Å². The summed E-state index contributed by atoms with van der Waals surface area (Å²) >= 11 is 0. The van der Waals surface area contributed by atoms with Crippen LogP contribution in [0.4, 0.5) is 0 Å². The molecule has 0 saturated heterocycles. The highest BCUT2D eigenvalue weighted by atomic mass is 16.6. The Morgan fingerprint density at radius 3 is 1.02 bits per heavy atom. The molecule has 1 unspecified atom stereocenters. The van der Waals surface area contributed by atoms with E-state index in [1.54, 1.807) is 0 Å². The second kappa shape index (κ2) is 53.7. The molecule has 366 valence electrons. The van der Waals surface area contributed by atoms with Gasteiger partial charge in [0.25, 0.3) is 0 Å². The Kier molecular flexibility index (Phi) is 52.3. The van der Waals surface area contributed by atoms with Crippen molar-refractivity contribution in [1.29, 1.82) is 0 Å². The Morgan fingerprint density at radius 1 is 0.371 bits per heavy atom. The maximum atomic E-state index is 12.2. The van der Waals surface area contributed by atoms with Crippen LogP contribution in [0, 0.1) is 0 Å². The molecule has 0 spiro atoms. The van der Waals surface area contributed by atoms with Crippen LogP contribution in [0.2, 0.25) is 0 Å². The van der Waals surface area contributed by atoms with Gasteiger partial charge in [0.2, 0.25) is 0 Å². The highest BCUT2D eigenvalue weighted by Gasteiger charge is 2.16. The first-order valence-electron chi connectivity index (χ1n) is 27.9. The number of hydrogen-bond acceptors (Lipinski definition) is 5. The molecule has 0 aliphatic heterocycles. The largest absolute Gasteiger partial charge is 0.462 e. The summed E-state index contributed by atoms with van der Waals surface area (Å²) < 4.78 is 10.7. The van der Waals surface area contributed by atoms with E-state index in [0.29, 0.717) is 12.8 Å². The molecule has 1 N–H and O–H groups in total. The number of ether oxygens (including phenoxy) is 2. The zero-order valence-corrected chi connectivity index (χ0v) is 41.9. The third-order valence-electron chi connectivity index (χ3n) is 12.7. The highest BCUT2D eigenvalue weighted by Crippen LogP contribution is 2.18. The predicted molar refractivity (Wildman–Crippen MR) is 270 cm³/mol. The van der Waals surface area contributed by atoms with Gasteiger partial charge >= 0.3 is 11.9 Å². The van der Waals surface area contributed by atoms with Crippen molar-refractivity contribution in [2.75, 3.05) is 13.2 Å². The van der Waals surface area contributed by atoms with Gasteiger partial charge in [-0.15, -0.1) is 0 Å². The fraction of sp³-hybridized carbons (Fsp3) is 0.895. The van der Waals surface area contributed by atoms with Crippen LogP contribution in [0.25, 0.3) is 0 Å². The standard InChI is InChI=1S/C57H108O5/c1-3-5-7-9-11-13-15-17-18-19-20-21-22-23-24-25-26-27-28-29-30-31-32-33-34-35-36-37-38-40-41-43-45-47-49-51-56(59)61-54-55(53-58)62-57(60)52-50-48-46-44-42-39-16-14-12-10-8-6-4-2/h8,10,14,16,55,58H,3-7,9,11-13,15,17-54H2,1-2H3/b10-8-,16-14-. The van der Waals surface area contributed by atoms with Gasteiger partial charge in [-0.2, -0.15) is 0 Å². The van der Waals surface area contributed by atoms with E-state index in [2.05, 4.69) is 38.2 Å². The van der Waals surface area contributed by atoms with Crippen LogP contribution in [-0.2, 0) is 19.1 Å². The van der Waals surface area contributed by atoms with E-state index in [9.17, 15) is 14.7 Å². The molecule has 0 radical (unpaired) electrons. The smallest absolute Gasteiger partial charge is 0.306 e. The summed E-state index contributed by atoms with van der Waals surface area (Å²) in [6.45, 7) is 4.10. The van der Waals surface area contributed by atoms with Gasteiger partial charge in [-0.1, -0.05) is 282 Å². The molecule has 0 aliphatic rings. The van der Waals surface area contributed by atoms with Gasteiger partial charge in [-0.05, 0) is 38.5 Å². The fourth-order valence-electron chi connectivity index (χ4n) is 8.54. The second-order valence-corrected chi connectivity index (χ2v) is 19.0. The molecular weight excluding hydrogens is 765 g/mol. The number of hydrogen-bond donors (Lipinski definition) is 1. The Hall–Kier alpha value is -1.62. The summed E-state index contributed by atoms with van der Waals surface area (Å²) in [5, 5.41) is 9.60. The molecule has 0 rings (SSSR count). The molecule has 62 heavy (non-hydrogen) atoms. The highest BCUT2D eigenvalue weighted by molar-refractivity contribution is 5.70. The first kappa shape index (κ1) is 60.4. The molecule has 1 atom stereocenters. The molecule has 0 aromatic heterocycles. The quantitative estimate of drug-likeness (QED) is 0.0374. The third kappa shape index (κ3) is 51.0. The number of esters is 2. The van der Waals surface area contributed by atoms with E-state index in [-0.39, 0.29) is 25.2 Å². The zero-order valence-electron chi connectivity index (χ0n) is 41.9. The second-order valence-electron chi connectivity index (χ2n) is 19.0. The Morgan fingerprint density at radius 2 is 0.677 bits per heavy atom. The Balaban J connectivity index is 3.35. The summed E-state index contributed by atoms with van der Waals surface area (Å²) in [4.78, 5) is 24.4. The van der Waals surface area contributed by atoms with Crippen molar-refractivity contribution in [2.24, 2.45) is 0 Å². The van der Waals surface area contributed by atoms with Gasteiger partial charge in [0, 0.05) is 12.8 Å². The predicted octanol–water partition coefficient (Wildman–Crippen LogP) is 18.5. The maximum absolute atomic E-state index is 12.2. The number of unbranched alkanes of at least 4 members (excludes halogenated alkanes) is 40. The van der Waals surface area contributed by atoms with Crippen LogP contribution >= 0.6 is 0 Å². The molecule has 0 aromatic carbocycles. The lowest BCUT2D eigenvalue weighted by Gasteiger charge is -2.15. The average molecular weight is 873 g/mol. The van der Waals surface area contributed by atoms with Gasteiger partial charge in [0.1, 0.15) is 6.61 Å². The van der Waals surface area contributed by atoms with Crippen LogP contribution in [0.1, 0.15) is 309 Å². The van der Waals surface area contributed by atoms with Crippen molar-refractivity contribution in [2.45, 2.75) is 315 Å². The van der Waals surface area contributed by atoms with E-state index < -0.39 is 6.10 Å². The summed E-state index contributed by atoms with van der Waals surface area (Å²) in [5.41, 5.74) is 0. The minimum atomic E-state index is -0.775. The Labute approximate surface area is 387 Å². The monoisotopic (exact) mass is 873 g/mol. The summed E-state index contributed by atoms with van der Waals surface area (Å²) in [6, 6.07) is 0. The molecule has 0 aromatic rings. The molecule has 0 amide bonds. The van der Waals surface area contributed by atoms with E-state index >= 15 is 0 Å². The van der Waals surface area contributed by atoms with E-state index in [4.69, 9.17) is 9.47 Å². The van der Waals surface area contributed by atoms with Crippen LogP contribution in [0.3, 0.4) is 0 Å². The van der Waals surface area contributed by atoms with E-state index in [0.717, 1.165) is 57.8 Å². The number of rotatable bonds is 52. The minimum Gasteiger partial charge on any atom is -0.462 e. The van der Waals surface area contributed by atoms with Gasteiger partial charge in [0.05, 0.1) is 6.61 Å². The number of aliphatic hydroxyl groups is 1. The first-order chi connectivity index (χ1) is 30.6. The Bertz CT molecular complexity index is 943. The van der Waals surface area contributed by atoms with Gasteiger partial charge < -0.3 is 14.6 Å². The van der Waals surface area contributed by atoms with Crippen LogP contribution < -0.4 is 0 Å². The van der Waals surface area contributed by atoms with Crippen LogP contribution in [0.5, 0.6) is 0 Å². The zero-order chi connectivity index (χ0) is 44.9. The summed E-state index contributed by atoms with van der Waals surface area (Å²) in [5.74, 6) is -0.593. The molecule has 0 fully saturated rings. The lowest BCUT2D eigenvalue weighted by atomic mass is 10.0. The number of carbonyl (C=O) groups excluding carboxylic acids is 2. The fourth-order valence-corrected chi connectivity index (χ4v) is 8.54. The van der Waals surface area contributed by atoms with Crippen LogP contribution in [0.15, 0.2) is 24.3 Å². The van der Waals surface area contributed by atoms with Gasteiger partial charge in [0.15, 0.2) is 6.10 Å². The van der Waals surface area contributed by atoms with E-state index in [1.807, 2.05) is 0 Å². The van der Waals surface area contributed by atoms with Crippen molar-refractivity contribution in [3.8, 4) is 0 Å². The van der Waals surface area contributed by atoms with Crippen molar-refractivity contribution in [1.82, 2.24) is 0 Å². The van der Waals surface area contributed by atoms with Crippen molar-refractivity contribution in [3.63, 3.8) is 0 Å². The van der Waals surface area contributed by atoms with Gasteiger partial charge in [-0.25, -0.2) is 0 Å². The number of aliphatic hydroxyl groups excluding tert-OH is 1. The lowest BCUT2D eigenvalue weighted by molar-refractivity contribution is -0.161. The summed E-state index contributed by atoms with van der Waals surface area (Å²) in [7, 11) is 0. The molecule has 5 nitrogen and oxygen atoms in total. The van der Waals surface area contributed by atoms with Crippen molar-refractivity contribution >= 4 is 11.9 Å². The van der Waals surface area contributed by atoms with Gasteiger partial charge in [-0.3, -0.25) is 9.59 Å². The normalized spacial score (nSPS) is 12.2. The number of carbonyl (C=O) groups is 2.